The number of rotatable bonds is 9. The fraction of sp³-hybridized carbons (Fsp3) is 0.532. The number of methoxy groups -OCH3 is 2. The summed E-state index contributed by atoms with van der Waals surface area (Å²) in [5, 5.41) is 7.48. The standard InChI is InChI=1S/C47H57FN8O8/c1-26-20-37(55(28(26)3)44(57)39(53-46(59)61-4)30-12-16-63-17-13-30)43-50-25-36(52-43)34-10-9-32-22-29(6-8-33(32)23-34)7-11-35-24-49-42(51-35)38-21-27(2)41(48)56(38)45(58)40(54-47(60)62-5)31-14-18-64-19-15-31/h6,8-10,22-28,30-31,37-41H,12-21H2,1-5H3,(H,49,51)(H,50,52)(H,53,59)(H,54,60)/t26-,27-,28-,37+,38+,39?,40?,41+/m1/s1. The van der Waals surface area contributed by atoms with Gasteiger partial charge >= 0.3 is 12.2 Å². The zero-order valence-corrected chi connectivity index (χ0v) is 36.9. The maximum atomic E-state index is 15.8. The zero-order valence-electron chi connectivity index (χ0n) is 36.9. The SMILES string of the molecule is COC(=O)NC(C(=O)N1[C@H](C)[C@H](C)C[C@H]1c1ncc(-c2ccc3cc(C#Cc4cnc([C@@H]5C[C@@H](C)[C@@H](F)N5C(=O)C(NC(=O)OC)C5CCOCC5)[nH]4)ccc3c2)[nH]1)C1CCOCC1. The van der Waals surface area contributed by atoms with Crippen LogP contribution in [0, 0.1) is 35.5 Å². The molecule has 16 nitrogen and oxygen atoms in total. The number of hydrogen-bond acceptors (Lipinski definition) is 10. The number of ether oxygens (including phenoxy) is 4. The number of carbonyl (C=O) groups is 4. The highest BCUT2D eigenvalue weighted by Gasteiger charge is 2.48. The largest absolute Gasteiger partial charge is 0.453 e. The number of nitrogens with one attached hydrogen (secondary N) is 4. The number of carbonyl (C=O) groups excluding carboxylic acids is 4. The van der Waals surface area contributed by atoms with Crippen LogP contribution in [0.5, 0.6) is 0 Å². The van der Waals surface area contributed by atoms with Gasteiger partial charge in [0.25, 0.3) is 0 Å². The van der Waals surface area contributed by atoms with Crippen LogP contribution in [0.25, 0.3) is 22.0 Å². The second kappa shape index (κ2) is 19.4. The Morgan fingerprint density at radius 2 is 1.28 bits per heavy atom. The molecule has 64 heavy (non-hydrogen) atoms. The van der Waals surface area contributed by atoms with Crippen molar-refractivity contribution in [1.29, 1.82) is 0 Å². The highest BCUT2D eigenvalue weighted by Crippen LogP contribution is 2.42. The summed E-state index contributed by atoms with van der Waals surface area (Å²) in [6.45, 7) is 7.91. The summed E-state index contributed by atoms with van der Waals surface area (Å²) in [4.78, 5) is 72.2. The number of alkyl carbamates (subject to hydrolysis) is 2. The fourth-order valence-corrected chi connectivity index (χ4v) is 9.77. The molecule has 4 amide bonds. The molecule has 0 bridgehead atoms. The van der Waals surface area contributed by atoms with Crippen molar-refractivity contribution in [2.24, 2.45) is 23.7 Å². The molecule has 8 atom stereocenters. The summed E-state index contributed by atoms with van der Waals surface area (Å²) in [5.74, 6) is 6.27. The Hall–Kier alpha value is -5.99. The molecule has 17 heteroatoms. The third-order valence-electron chi connectivity index (χ3n) is 13.6. The Morgan fingerprint density at radius 1 is 0.734 bits per heavy atom. The number of H-pyrrole nitrogens is 2. The summed E-state index contributed by atoms with van der Waals surface area (Å²) in [5.41, 5.74) is 3.04. The van der Waals surface area contributed by atoms with Crippen molar-refractivity contribution in [2.45, 2.75) is 95.8 Å². The summed E-state index contributed by atoms with van der Waals surface area (Å²) >= 11 is 0. The average molecular weight is 881 g/mol. The Kier molecular flexibility index (Phi) is 13.5. The zero-order chi connectivity index (χ0) is 45.1. The van der Waals surface area contributed by atoms with Gasteiger partial charge in [-0.1, -0.05) is 38.0 Å². The van der Waals surface area contributed by atoms with Crippen LogP contribution in [0.3, 0.4) is 0 Å². The van der Waals surface area contributed by atoms with E-state index >= 15 is 4.39 Å². The number of alkyl halides is 1. The van der Waals surface area contributed by atoms with Crippen LogP contribution in [-0.4, -0.2) is 119 Å². The quantitative estimate of drug-likeness (QED) is 0.112. The molecular formula is C47H57FN8O8. The molecule has 0 aliphatic carbocycles. The highest BCUT2D eigenvalue weighted by molar-refractivity contribution is 5.89. The molecule has 0 saturated carbocycles. The number of nitrogens with zero attached hydrogens (tertiary/aromatic N) is 4. The maximum Gasteiger partial charge on any atom is 0.407 e. The first kappa shape index (κ1) is 44.6. The van der Waals surface area contributed by atoms with Gasteiger partial charge in [-0.25, -0.2) is 23.9 Å². The van der Waals surface area contributed by atoms with Gasteiger partial charge in [-0.3, -0.25) is 9.59 Å². The predicted molar refractivity (Wildman–Crippen MR) is 233 cm³/mol. The summed E-state index contributed by atoms with van der Waals surface area (Å²) in [6.07, 6.45) is 3.95. The van der Waals surface area contributed by atoms with Gasteiger partial charge in [0, 0.05) is 49.5 Å². The molecule has 4 N–H and O–H groups in total. The Balaban J connectivity index is 0.966. The van der Waals surface area contributed by atoms with E-state index in [-0.39, 0.29) is 35.7 Å². The lowest BCUT2D eigenvalue weighted by molar-refractivity contribution is -0.143. The molecule has 4 fully saturated rings. The van der Waals surface area contributed by atoms with Crippen LogP contribution in [-0.2, 0) is 28.5 Å². The first-order chi connectivity index (χ1) is 30.9. The van der Waals surface area contributed by atoms with Gasteiger partial charge in [-0.2, -0.15) is 0 Å². The number of likely N-dealkylation sites (tertiary alicyclic amines) is 2. The van der Waals surface area contributed by atoms with Gasteiger partial charge in [-0.15, -0.1) is 0 Å². The van der Waals surface area contributed by atoms with E-state index in [1.165, 1.54) is 19.1 Å². The third kappa shape index (κ3) is 9.30. The van der Waals surface area contributed by atoms with Crippen molar-refractivity contribution in [3.63, 3.8) is 0 Å². The average Bonchev–Trinajstić information content (AvgIpc) is 4.13. The Morgan fingerprint density at radius 3 is 1.92 bits per heavy atom. The molecule has 0 radical (unpaired) electrons. The van der Waals surface area contributed by atoms with Crippen LogP contribution in [0.15, 0.2) is 48.8 Å². The lowest BCUT2D eigenvalue weighted by Crippen LogP contribution is -2.54. The molecule has 2 aromatic heterocycles. The number of benzene rings is 2. The highest BCUT2D eigenvalue weighted by atomic mass is 19.1. The van der Waals surface area contributed by atoms with Crippen molar-refractivity contribution in [3.8, 4) is 23.1 Å². The lowest BCUT2D eigenvalue weighted by Gasteiger charge is -2.36. The maximum absolute atomic E-state index is 15.8. The Labute approximate surface area is 371 Å². The van der Waals surface area contributed by atoms with Crippen molar-refractivity contribution in [3.05, 3.63) is 71.7 Å². The van der Waals surface area contributed by atoms with E-state index in [2.05, 4.69) is 57.3 Å². The van der Waals surface area contributed by atoms with E-state index < -0.39 is 48.4 Å². The second-order valence-electron chi connectivity index (χ2n) is 17.6. The minimum absolute atomic E-state index is 0.0677. The van der Waals surface area contributed by atoms with E-state index in [9.17, 15) is 19.2 Å². The molecule has 8 rings (SSSR count). The number of fused-ring (bicyclic) bond motifs is 1. The fourth-order valence-electron chi connectivity index (χ4n) is 9.77. The van der Waals surface area contributed by atoms with E-state index in [1.54, 1.807) is 19.3 Å². The van der Waals surface area contributed by atoms with E-state index in [0.29, 0.717) is 75.9 Å². The smallest absolute Gasteiger partial charge is 0.407 e. The molecule has 0 spiro atoms. The Bertz CT molecular complexity index is 2400. The van der Waals surface area contributed by atoms with Gasteiger partial charge in [0.05, 0.1) is 44.4 Å². The van der Waals surface area contributed by atoms with Gasteiger partial charge in [0.2, 0.25) is 11.8 Å². The molecule has 340 valence electrons. The van der Waals surface area contributed by atoms with Gasteiger partial charge in [0.1, 0.15) is 29.4 Å². The molecule has 4 saturated heterocycles. The van der Waals surface area contributed by atoms with Crippen LogP contribution in [0.2, 0.25) is 0 Å². The number of halogens is 1. The number of imidazole rings is 2. The first-order valence-corrected chi connectivity index (χ1v) is 22.2. The third-order valence-corrected chi connectivity index (χ3v) is 13.6. The lowest BCUT2D eigenvalue weighted by atomic mass is 9.90. The van der Waals surface area contributed by atoms with E-state index in [0.717, 1.165) is 34.0 Å². The number of aromatic amines is 2. The van der Waals surface area contributed by atoms with Crippen molar-refractivity contribution < 1.29 is 42.5 Å². The molecule has 2 unspecified atom stereocenters. The van der Waals surface area contributed by atoms with Gasteiger partial charge < -0.3 is 49.3 Å². The number of hydrogen-bond donors (Lipinski definition) is 4. The first-order valence-electron chi connectivity index (χ1n) is 22.2. The van der Waals surface area contributed by atoms with Crippen LogP contribution in [0.1, 0.15) is 94.3 Å². The second-order valence-corrected chi connectivity index (χ2v) is 17.6. The summed E-state index contributed by atoms with van der Waals surface area (Å²) in [6, 6.07) is 9.33. The van der Waals surface area contributed by atoms with E-state index in [4.69, 9.17) is 23.9 Å². The summed E-state index contributed by atoms with van der Waals surface area (Å²) in [7, 11) is 2.53. The molecule has 6 heterocycles. The normalized spacial score (nSPS) is 25.0. The molecule has 4 aliphatic rings. The topological polar surface area (TPSA) is 193 Å². The van der Waals surface area contributed by atoms with Gasteiger partial charge in [0.15, 0.2) is 6.30 Å². The van der Waals surface area contributed by atoms with Crippen LogP contribution >= 0.6 is 0 Å². The van der Waals surface area contributed by atoms with Crippen molar-refractivity contribution in [1.82, 2.24) is 40.4 Å². The number of aromatic nitrogens is 4. The summed E-state index contributed by atoms with van der Waals surface area (Å²) < 4.78 is 36.6. The predicted octanol–water partition coefficient (Wildman–Crippen LogP) is 6.16. The van der Waals surface area contributed by atoms with Crippen LogP contribution in [0.4, 0.5) is 14.0 Å². The molecule has 4 aliphatic heterocycles. The minimum atomic E-state index is -1.56. The van der Waals surface area contributed by atoms with Crippen LogP contribution < -0.4 is 10.6 Å². The minimum Gasteiger partial charge on any atom is -0.453 e. The van der Waals surface area contributed by atoms with Gasteiger partial charge in [-0.05, 0) is 98.1 Å². The number of amides is 4. The molecule has 4 aromatic rings. The van der Waals surface area contributed by atoms with Crippen molar-refractivity contribution >= 4 is 34.8 Å². The van der Waals surface area contributed by atoms with Crippen molar-refractivity contribution in [2.75, 3.05) is 40.6 Å². The monoisotopic (exact) mass is 880 g/mol. The van der Waals surface area contributed by atoms with E-state index in [1.807, 2.05) is 35.2 Å². The molecule has 2 aromatic carbocycles. The molecular weight excluding hydrogens is 824 g/mol.